The molecule has 0 aromatic heterocycles. The van der Waals surface area contributed by atoms with Crippen molar-refractivity contribution in [2.24, 2.45) is 5.92 Å². The molecule has 1 rings (SSSR count). The van der Waals surface area contributed by atoms with E-state index in [1.54, 1.807) is 7.11 Å². The maximum Gasteiger partial charge on any atom is 0.422 e. The molecule has 1 N–H and O–H groups in total. The van der Waals surface area contributed by atoms with Crippen LogP contribution in [0.3, 0.4) is 0 Å². The van der Waals surface area contributed by atoms with Crippen LogP contribution in [0.2, 0.25) is 0 Å². The zero-order valence-electron chi connectivity index (χ0n) is 10.6. The highest BCUT2D eigenvalue weighted by molar-refractivity contribution is 5.67. The van der Waals surface area contributed by atoms with Crippen molar-refractivity contribution in [2.75, 3.05) is 26.8 Å². The highest BCUT2D eigenvalue weighted by atomic mass is 16.6. The number of hydrazine groups is 1. The van der Waals surface area contributed by atoms with Crippen molar-refractivity contribution in [3.8, 4) is 0 Å². The summed E-state index contributed by atoms with van der Waals surface area (Å²) >= 11 is 0. The molecule has 1 heterocycles. The van der Waals surface area contributed by atoms with Gasteiger partial charge in [0.05, 0.1) is 6.61 Å². The Balaban J connectivity index is 2.26. The summed E-state index contributed by atoms with van der Waals surface area (Å²) in [7, 11) is 1.70. The highest BCUT2D eigenvalue weighted by Gasteiger charge is 2.25. The summed E-state index contributed by atoms with van der Waals surface area (Å²) in [6, 6.07) is 0. The van der Waals surface area contributed by atoms with Gasteiger partial charge in [0, 0.05) is 20.2 Å². The van der Waals surface area contributed by atoms with E-state index in [9.17, 15) is 4.79 Å². The van der Waals surface area contributed by atoms with Crippen molar-refractivity contribution in [1.29, 1.82) is 0 Å². The predicted octanol–water partition coefficient (Wildman–Crippen LogP) is 1.39. The standard InChI is InChI=1S/C11H22N2O3/c1-11(2,3)16-10(14)12-13-6-5-9(7-13)8-15-4/h9H,5-8H2,1-4H3,(H,12,14). The first-order chi connectivity index (χ1) is 7.40. The molecule has 0 radical (unpaired) electrons. The number of rotatable bonds is 3. The lowest BCUT2D eigenvalue weighted by atomic mass is 10.1. The van der Waals surface area contributed by atoms with Gasteiger partial charge in [0.15, 0.2) is 0 Å². The molecule has 1 unspecified atom stereocenters. The lowest BCUT2D eigenvalue weighted by molar-refractivity contribution is 0.0353. The monoisotopic (exact) mass is 230 g/mol. The summed E-state index contributed by atoms with van der Waals surface area (Å²) < 4.78 is 10.3. The van der Waals surface area contributed by atoms with Crippen LogP contribution in [0.15, 0.2) is 0 Å². The van der Waals surface area contributed by atoms with E-state index in [2.05, 4.69) is 5.43 Å². The molecular formula is C11H22N2O3. The molecule has 1 amide bonds. The fraction of sp³-hybridized carbons (Fsp3) is 0.909. The fourth-order valence-corrected chi connectivity index (χ4v) is 1.74. The van der Waals surface area contributed by atoms with E-state index in [0.29, 0.717) is 5.92 Å². The molecule has 5 heteroatoms. The number of ether oxygens (including phenoxy) is 2. The van der Waals surface area contributed by atoms with Gasteiger partial charge in [-0.15, -0.1) is 0 Å². The van der Waals surface area contributed by atoms with Crippen molar-refractivity contribution >= 4 is 6.09 Å². The van der Waals surface area contributed by atoms with Crippen LogP contribution in [0.5, 0.6) is 0 Å². The molecule has 0 bridgehead atoms. The van der Waals surface area contributed by atoms with Crippen LogP contribution in [-0.4, -0.2) is 43.5 Å². The van der Waals surface area contributed by atoms with Crippen LogP contribution < -0.4 is 5.43 Å². The van der Waals surface area contributed by atoms with E-state index in [1.165, 1.54) is 0 Å². The van der Waals surface area contributed by atoms with Crippen molar-refractivity contribution in [1.82, 2.24) is 10.4 Å². The molecule has 0 aliphatic carbocycles. The van der Waals surface area contributed by atoms with Crippen molar-refractivity contribution in [3.63, 3.8) is 0 Å². The number of nitrogens with zero attached hydrogens (tertiary/aromatic N) is 1. The summed E-state index contributed by atoms with van der Waals surface area (Å²) in [5, 5.41) is 1.89. The fourth-order valence-electron chi connectivity index (χ4n) is 1.74. The number of methoxy groups -OCH3 is 1. The van der Waals surface area contributed by atoms with Gasteiger partial charge < -0.3 is 9.47 Å². The Morgan fingerprint density at radius 3 is 2.75 bits per heavy atom. The second-order valence-corrected chi connectivity index (χ2v) is 5.17. The smallest absolute Gasteiger partial charge is 0.422 e. The predicted molar refractivity (Wildman–Crippen MR) is 60.9 cm³/mol. The Kier molecular flexibility index (Phi) is 4.56. The van der Waals surface area contributed by atoms with Crippen LogP contribution in [0.4, 0.5) is 4.79 Å². The molecule has 94 valence electrons. The minimum absolute atomic E-state index is 0.384. The topological polar surface area (TPSA) is 50.8 Å². The second-order valence-electron chi connectivity index (χ2n) is 5.17. The van der Waals surface area contributed by atoms with E-state index in [4.69, 9.17) is 9.47 Å². The number of hydrogen-bond acceptors (Lipinski definition) is 4. The van der Waals surface area contributed by atoms with Crippen molar-refractivity contribution in [3.05, 3.63) is 0 Å². The van der Waals surface area contributed by atoms with Gasteiger partial charge in [-0.25, -0.2) is 9.80 Å². The van der Waals surface area contributed by atoms with Crippen LogP contribution in [0, 0.1) is 5.92 Å². The van der Waals surface area contributed by atoms with E-state index in [1.807, 2.05) is 25.8 Å². The van der Waals surface area contributed by atoms with Gasteiger partial charge in [0.25, 0.3) is 0 Å². The zero-order valence-corrected chi connectivity index (χ0v) is 10.6. The third-order valence-corrected chi connectivity index (χ3v) is 2.34. The van der Waals surface area contributed by atoms with Crippen LogP contribution in [0.25, 0.3) is 0 Å². The third-order valence-electron chi connectivity index (χ3n) is 2.34. The maximum atomic E-state index is 11.5. The quantitative estimate of drug-likeness (QED) is 0.796. The Hall–Kier alpha value is -0.810. The second kappa shape index (κ2) is 5.50. The molecule has 0 aromatic carbocycles. The lowest BCUT2D eigenvalue weighted by Gasteiger charge is -2.23. The van der Waals surface area contributed by atoms with Crippen molar-refractivity contribution in [2.45, 2.75) is 32.8 Å². The van der Waals surface area contributed by atoms with Gasteiger partial charge in [0.2, 0.25) is 0 Å². The summed E-state index contributed by atoms with van der Waals surface area (Å²) in [6.07, 6.45) is 0.662. The Labute approximate surface area is 97.1 Å². The first-order valence-electron chi connectivity index (χ1n) is 5.64. The van der Waals surface area contributed by atoms with Crippen LogP contribution in [-0.2, 0) is 9.47 Å². The Morgan fingerprint density at radius 2 is 2.19 bits per heavy atom. The molecule has 0 saturated carbocycles. The maximum absolute atomic E-state index is 11.5. The van der Waals surface area contributed by atoms with E-state index >= 15 is 0 Å². The van der Waals surface area contributed by atoms with Crippen LogP contribution >= 0.6 is 0 Å². The molecule has 1 aliphatic heterocycles. The normalized spacial score (nSPS) is 22.1. The summed E-state index contributed by atoms with van der Waals surface area (Å²) in [6.45, 7) is 7.98. The summed E-state index contributed by atoms with van der Waals surface area (Å²) in [5.41, 5.74) is 2.29. The molecule has 16 heavy (non-hydrogen) atoms. The summed E-state index contributed by atoms with van der Waals surface area (Å²) in [5.74, 6) is 0.500. The van der Waals surface area contributed by atoms with Crippen molar-refractivity contribution < 1.29 is 14.3 Å². The Bertz CT molecular complexity index is 238. The van der Waals surface area contributed by atoms with Gasteiger partial charge in [-0.1, -0.05) is 0 Å². The number of hydrogen-bond donors (Lipinski definition) is 1. The average Bonchev–Trinajstić information content (AvgIpc) is 2.49. The number of nitrogens with one attached hydrogen (secondary N) is 1. The third kappa shape index (κ3) is 4.81. The zero-order chi connectivity index (χ0) is 12.2. The Morgan fingerprint density at radius 1 is 1.50 bits per heavy atom. The minimum atomic E-state index is -0.449. The molecule has 1 aliphatic rings. The van der Waals surface area contributed by atoms with Gasteiger partial charge in [0.1, 0.15) is 5.60 Å². The van der Waals surface area contributed by atoms with Gasteiger partial charge in [-0.05, 0) is 33.1 Å². The van der Waals surface area contributed by atoms with Gasteiger partial charge in [-0.2, -0.15) is 0 Å². The van der Waals surface area contributed by atoms with E-state index in [0.717, 1.165) is 26.1 Å². The molecule has 1 atom stereocenters. The average molecular weight is 230 g/mol. The SMILES string of the molecule is COCC1CCN(NC(=O)OC(C)(C)C)C1. The molecule has 5 nitrogen and oxygen atoms in total. The molecule has 1 saturated heterocycles. The molecule has 0 spiro atoms. The number of carbonyl (C=O) groups excluding carboxylic acids is 1. The lowest BCUT2D eigenvalue weighted by Crippen LogP contribution is -2.43. The first kappa shape index (κ1) is 13.3. The van der Waals surface area contributed by atoms with E-state index in [-0.39, 0.29) is 6.09 Å². The highest BCUT2D eigenvalue weighted by Crippen LogP contribution is 2.14. The van der Waals surface area contributed by atoms with Gasteiger partial charge in [-0.3, -0.25) is 5.43 Å². The number of carbonyl (C=O) groups is 1. The van der Waals surface area contributed by atoms with Gasteiger partial charge >= 0.3 is 6.09 Å². The van der Waals surface area contributed by atoms with E-state index < -0.39 is 5.60 Å². The minimum Gasteiger partial charge on any atom is -0.443 e. The van der Waals surface area contributed by atoms with Crippen LogP contribution in [0.1, 0.15) is 27.2 Å². The first-order valence-corrected chi connectivity index (χ1v) is 5.64. The largest absolute Gasteiger partial charge is 0.443 e. The molecule has 1 fully saturated rings. The molecule has 0 aromatic rings. The molecular weight excluding hydrogens is 208 g/mol. The summed E-state index contributed by atoms with van der Waals surface area (Å²) in [4.78, 5) is 11.5. The number of amides is 1.